The molecule has 1 aliphatic rings. The number of benzene rings is 1. The van der Waals surface area contributed by atoms with Gasteiger partial charge in [-0.1, -0.05) is 12.1 Å². The molecule has 3 heterocycles. The molecular formula is C20H21N5O. The number of pyridine rings is 1. The molecule has 26 heavy (non-hydrogen) atoms. The highest BCUT2D eigenvalue weighted by molar-refractivity contribution is 5.75. The highest BCUT2D eigenvalue weighted by Crippen LogP contribution is 2.29. The first-order valence-corrected chi connectivity index (χ1v) is 8.91. The first kappa shape index (κ1) is 16.4. The number of hydrogen-bond acceptors (Lipinski definition) is 4. The Hall–Kier alpha value is -3.07. The Balaban J connectivity index is 1.61. The lowest BCUT2D eigenvalue weighted by molar-refractivity contribution is 0.395. The van der Waals surface area contributed by atoms with Crippen molar-refractivity contribution in [3.05, 3.63) is 57.6 Å². The summed E-state index contributed by atoms with van der Waals surface area (Å²) in [4.78, 5) is 22.1. The molecule has 1 aromatic carbocycles. The maximum absolute atomic E-state index is 12.4. The van der Waals surface area contributed by atoms with Crippen molar-refractivity contribution in [1.82, 2.24) is 14.5 Å². The second kappa shape index (κ2) is 6.34. The van der Waals surface area contributed by atoms with E-state index in [1.807, 2.05) is 48.7 Å². The topological polar surface area (TPSA) is 77.7 Å². The van der Waals surface area contributed by atoms with Crippen molar-refractivity contribution < 1.29 is 0 Å². The predicted molar refractivity (Wildman–Crippen MR) is 101 cm³/mol. The smallest absolute Gasteiger partial charge is 0.326 e. The van der Waals surface area contributed by atoms with E-state index in [0.717, 1.165) is 54.0 Å². The van der Waals surface area contributed by atoms with Crippen LogP contribution in [0.2, 0.25) is 0 Å². The van der Waals surface area contributed by atoms with Gasteiger partial charge in [-0.05, 0) is 50.5 Å². The molecule has 0 spiro atoms. The fourth-order valence-electron chi connectivity index (χ4n) is 3.96. The molecule has 132 valence electrons. The molecule has 6 heteroatoms. The number of aryl methyl sites for hydroxylation is 2. The molecule has 3 aromatic rings. The van der Waals surface area contributed by atoms with Crippen LogP contribution in [0.3, 0.4) is 0 Å². The van der Waals surface area contributed by atoms with Gasteiger partial charge in [-0.2, -0.15) is 5.26 Å². The van der Waals surface area contributed by atoms with E-state index in [9.17, 15) is 10.1 Å². The molecule has 0 bridgehead atoms. The van der Waals surface area contributed by atoms with Gasteiger partial charge in [0, 0.05) is 24.8 Å². The number of rotatable bonds is 2. The van der Waals surface area contributed by atoms with Gasteiger partial charge in [-0.15, -0.1) is 0 Å². The van der Waals surface area contributed by atoms with Crippen LogP contribution in [0.25, 0.3) is 11.0 Å². The Morgan fingerprint density at radius 1 is 1.23 bits per heavy atom. The van der Waals surface area contributed by atoms with Crippen LogP contribution >= 0.6 is 0 Å². The molecule has 0 radical (unpaired) electrons. The molecule has 0 atom stereocenters. The van der Waals surface area contributed by atoms with Gasteiger partial charge >= 0.3 is 5.69 Å². The minimum absolute atomic E-state index is 0.0492. The number of hydrogen-bond donors (Lipinski definition) is 1. The van der Waals surface area contributed by atoms with Gasteiger partial charge in [0.05, 0.1) is 16.6 Å². The van der Waals surface area contributed by atoms with Crippen molar-refractivity contribution in [1.29, 1.82) is 5.26 Å². The monoisotopic (exact) mass is 347 g/mol. The van der Waals surface area contributed by atoms with Gasteiger partial charge in [-0.3, -0.25) is 4.57 Å². The number of anilines is 1. The van der Waals surface area contributed by atoms with E-state index in [-0.39, 0.29) is 11.7 Å². The Morgan fingerprint density at radius 3 is 2.69 bits per heavy atom. The predicted octanol–water partition coefficient (Wildman–Crippen LogP) is 3.05. The van der Waals surface area contributed by atoms with Gasteiger partial charge in [-0.25, -0.2) is 9.78 Å². The summed E-state index contributed by atoms with van der Waals surface area (Å²) in [7, 11) is 0. The number of piperidine rings is 1. The molecule has 2 aromatic heterocycles. The molecule has 0 amide bonds. The van der Waals surface area contributed by atoms with Gasteiger partial charge in [0.2, 0.25) is 0 Å². The lowest BCUT2D eigenvalue weighted by Gasteiger charge is -2.34. The summed E-state index contributed by atoms with van der Waals surface area (Å²) in [6.45, 7) is 5.47. The van der Waals surface area contributed by atoms with Gasteiger partial charge in [0.15, 0.2) is 0 Å². The number of H-pyrrole nitrogens is 1. The SMILES string of the molecule is Cc1cc(C)c(C#N)c(N2CCC(n3c(=O)[nH]c4ccccc43)CC2)n1. The third kappa shape index (κ3) is 2.66. The summed E-state index contributed by atoms with van der Waals surface area (Å²) >= 11 is 0. The van der Waals surface area contributed by atoms with E-state index in [1.54, 1.807) is 0 Å². The fourth-order valence-corrected chi connectivity index (χ4v) is 3.96. The zero-order chi connectivity index (χ0) is 18.3. The van der Waals surface area contributed by atoms with Crippen molar-refractivity contribution in [2.24, 2.45) is 0 Å². The maximum Gasteiger partial charge on any atom is 0.326 e. The van der Waals surface area contributed by atoms with Crippen molar-refractivity contribution in [2.45, 2.75) is 32.7 Å². The largest absolute Gasteiger partial charge is 0.355 e. The average molecular weight is 347 g/mol. The first-order valence-electron chi connectivity index (χ1n) is 8.91. The second-order valence-electron chi connectivity index (χ2n) is 6.93. The van der Waals surface area contributed by atoms with E-state index in [4.69, 9.17) is 0 Å². The molecule has 1 aliphatic heterocycles. The number of aromatic nitrogens is 3. The molecule has 0 unspecified atom stereocenters. The number of nitrogens with zero attached hydrogens (tertiary/aromatic N) is 4. The molecule has 6 nitrogen and oxygen atoms in total. The maximum atomic E-state index is 12.4. The third-order valence-corrected chi connectivity index (χ3v) is 5.19. The Morgan fingerprint density at radius 2 is 1.96 bits per heavy atom. The minimum Gasteiger partial charge on any atom is -0.355 e. The normalized spacial score (nSPS) is 15.3. The fraction of sp³-hybridized carbons (Fsp3) is 0.350. The van der Waals surface area contributed by atoms with Gasteiger partial charge in [0.25, 0.3) is 0 Å². The van der Waals surface area contributed by atoms with Crippen LogP contribution in [-0.4, -0.2) is 27.6 Å². The van der Waals surface area contributed by atoms with Crippen LogP contribution in [-0.2, 0) is 0 Å². The van der Waals surface area contributed by atoms with Crippen molar-refractivity contribution in [2.75, 3.05) is 18.0 Å². The molecule has 0 aliphatic carbocycles. The number of para-hydroxylation sites is 2. The molecule has 4 rings (SSSR count). The lowest BCUT2D eigenvalue weighted by atomic mass is 10.0. The summed E-state index contributed by atoms with van der Waals surface area (Å²) in [6, 6.07) is 12.2. The molecular weight excluding hydrogens is 326 g/mol. The Bertz CT molecular complexity index is 1060. The molecule has 1 N–H and O–H groups in total. The van der Waals surface area contributed by atoms with E-state index in [2.05, 4.69) is 20.9 Å². The van der Waals surface area contributed by atoms with E-state index >= 15 is 0 Å². The van der Waals surface area contributed by atoms with E-state index in [0.29, 0.717) is 5.56 Å². The number of fused-ring (bicyclic) bond motifs is 1. The summed E-state index contributed by atoms with van der Waals surface area (Å²) in [5.41, 5.74) is 4.32. The number of nitrogens with one attached hydrogen (secondary N) is 1. The van der Waals surface area contributed by atoms with Crippen molar-refractivity contribution in [3.63, 3.8) is 0 Å². The van der Waals surface area contributed by atoms with Crippen LogP contribution in [0.5, 0.6) is 0 Å². The van der Waals surface area contributed by atoms with Crippen molar-refractivity contribution in [3.8, 4) is 6.07 Å². The van der Waals surface area contributed by atoms with Gasteiger partial charge in [0.1, 0.15) is 11.9 Å². The van der Waals surface area contributed by atoms with E-state index in [1.165, 1.54) is 0 Å². The van der Waals surface area contributed by atoms with Crippen LogP contribution < -0.4 is 10.6 Å². The van der Waals surface area contributed by atoms with Crippen LogP contribution in [0.15, 0.2) is 35.1 Å². The molecule has 0 saturated carbocycles. The quantitative estimate of drug-likeness (QED) is 0.773. The third-order valence-electron chi connectivity index (χ3n) is 5.19. The Labute approximate surface area is 151 Å². The number of nitriles is 1. The van der Waals surface area contributed by atoms with Crippen molar-refractivity contribution >= 4 is 16.9 Å². The number of imidazole rings is 1. The summed E-state index contributed by atoms with van der Waals surface area (Å²) in [5.74, 6) is 0.773. The summed E-state index contributed by atoms with van der Waals surface area (Å²) in [6.07, 6.45) is 1.70. The standard InChI is InChI=1S/C20H21N5O/c1-13-11-14(2)22-19(16(13)12-21)24-9-7-15(8-10-24)25-18-6-4-3-5-17(18)23-20(25)26/h3-6,11,15H,7-10H2,1-2H3,(H,23,26). The highest BCUT2D eigenvalue weighted by Gasteiger charge is 2.26. The van der Waals surface area contributed by atoms with E-state index < -0.39 is 0 Å². The minimum atomic E-state index is -0.0492. The average Bonchev–Trinajstić information content (AvgIpc) is 2.97. The summed E-state index contributed by atoms with van der Waals surface area (Å²) in [5, 5.41) is 9.51. The van der Waals surface area contributed by atoms with Crippen LogP contribution in [0.1, 0.15) is 35.7 Å². The van der Waals surface area contributed by atoms with Gasteiger partial charge < -0.3 is 9.88 Å². The summed E-state index contributed by atoms with van der Waals surface area (Å²) < 4.78 is 1.88. The molecule has 1 saturated heterocycles. The van der Waals surface area contributed by atoms with Crippen LogP contribution in [0.4, 0.5) is 5.82 Å². The number of aromatic amines is 1. The highest BCUT2D eigenvalue weighted by atomic mass is 16.1. The molecule has 1 fully saturated rings. The lowest BCUT2D eigenvalue weighted by Crippen LogP contribution is -2.38. The second-order valence-corrected chi connectivity index (χ2v) is 6.93. The zero-order valence-electron chi connectivity index (χ0n) is 15.0. The Kier molecular flexibility index (Phi) is 4.00. The zero-order valence-corrected chi connectivity index (χ0v) is 15.0. The van der Waals surface area contributed by atoms with Crippen LogP contribution in [0, 0.1) is 25.2 Å². The first-order chi connectivity index (χ1) is 12.6.